The summed E-state index contributed by atoms with van der Waals surface area (Å²) < 4.78 is 31.4. The van der Waals surface area contributed by atoms with Crippen molar-refractivity contribution in [3.8, 4) is 0 Å². The molecule has 0 saturated heterocycles. The van der Waals surface area contributed by atoms with Crippen LogP contribution in [0.3, 0.4) is 0 Å². The Kier molecular flexibility index (Phi) is 4.52. The zero-order chi connectivity index (χ0) is 11.8. The summed E-state index contributed by atoms with van der Waals surface area (Å²) in [6.45, 7) is 3.66. The fraction of sp³-hybridized carbons (Fsp3) is 0. The molecule has 0 radical (unpaired) electrons. The molecule has 0 unspecified atom stereocenters. The van der Waals surface area contributed by atoms with Crippen molar-refractivity contribution in [3.63, 3.8) is 0 Å². The first kappa shape index (κ1) is 14.4. The second-order valence-electron chi connectivity index (χ2n) is 3.38. The second kappa shape index (κ2) is 5.33. The Labute approximate surface area is 122 Å². The molecular weight excluding hydrogens is 247 g/mol. The van der Waals surface area contributed by atoms with E-state index in [0.717, 1.165) is 10.9 Å². The van der Waals surface area contributed by atoms with Gasteiger partial charge in [-0.15, -0.1) is 0 Å². The number of benzene rings is 2. The zero-order valence-electron chi connectivity index (χ0n) is 8.42. The standard InChI is InChI=1S/C12H10O3S.Na.H/c1-2-9-7-8-12(16(13,14)15)11-6-4-3-5-10(9)11;;/h2-8H,1H2,(H,13,14,15);;. The fourth-order valence-corrected chi connectivity index (χ4v) is 2.39. The van der Waals surface area contributed by atoms with Crippen molar-refractivity contribution in [1.82, 2.24) is 0 Å². The van der Waals surface area contributed by atoms with Gasteiger partial charge in [-0.25, -0.2) is 0 Å². The van der Waals surface area contributed by atoms with Gasteiger partial charge in [0.25, 0.3) is 10.1 Å². The Bertz CT molecular complexity index is 663. The van der Waals surface area contributed by atoms with Crippen LogP contribution in [0.2, 0.25) is 0 Å². The SMILES string of the molecule is C=Cc1ccc(S(=O)(=O)O)c2ccccc12.[NaH]. The monoisotopic (exact) mass is 258 g/mol. The molecule has 17 heavy (non-hydrogen) atoms. The first-order valence-electron chi connectivity index (χ1n) is 4.65. The van der Waals surface area contributed by atoms with E-state index in [1.807, 2.05) is 6.07 Å². The predicted molar refractivity (Wildman–Crippen MR) is 71.0 cm³/mol. The third-order valence-corrected chi connectivity index (χ3v) is 3.33. The van der Waals surface area contributed by atoms with Gasteiger partial charge < -0.3 is 0 Å². The van der Waals surface area contributed by atoms with Crippen LogP contribution in [-0.2, 0) is 10.1 Å². The van der Waals surface area contributed by atoms with E-state index in [1.54, 1.807) is 30.3 Å². The van der Waals surface area contributed by atoms with E-state index < -0.39 is 10.1 Å². The minimum atomic E-state index is -4.19. The molecule has 0 bridgehead atoms. The van der Waals surface area contributed by atoms with E-state index in [2.05, 4.69) is 6.58 Å². The van der Waals surface area contributed by atoms with Crippen LogP contribution in [0.1, 0.15) is 5.56 Å². The molecule has 0 aliphatic heterocycles. The number of hydrogen-bond donors (Lipinski definition) is 1. The second-order valence-corrected chi connectivity index (χ2v) is 4.77. The van der Waals surface area contributed by atoms with E-state index in [9.17, 15) is 8.42 Å². The van der Waals surface area contributed by atoms with Gasteiger partial charge in [0.2, 0.25) is 0 Å². The van der Waals surface area contributed by atoms with Gasteiger partial charge in [-0.2, -0.15) is 8.42 Å². The Morgan fingerprint density at radius 2 is 1.65 bits per heavy atom. The molecule has 0 spiro atoms. The number of hydrogen-bond acceptors (Lipinski definition) is 2. The summed E-state index contributed by atoms with van der Waals surface area (Å²) in [5.41, 5.74) is 0.836. The van der Waals surface area contributed by atoms with Crippen LogP contribution in [0.5, 0.6) is 0 Å². The average Bonchev–Trinajstić information content (AvgIpc) is 2.26. The maximum absolute atomic E-state index is 11.2. The predicted octanol–water partition coefficient (Wildman–Crippen LogP) is 2.08. The number of fused-ring (bicyclic) bond motifs is 1. The number of rotatable bonds is 2. The normalized spacial score (nSPS) is 10.9. The molecule has 0 saturated carbocycles. The van der Waals surface area contributed by atoms with Crippen molar-refractivity contribution < 1.29 is 13.0 Å². The van der Waals surface area contributed by atoms with Crippen molar-refractivity contribution in [2.75, 3.05) is 0 Å². The quantitative estimate of drug-likeness (QED) is 0.662. The molecule has 1 N–H and O–H groups in total. The van der Waals surface area contributed by atoms with Gasteiger partial charge in [0.1, 0.15) is 4.90 Å². The van der Waals surface area contributed by atoms with Crippen molar-refractivity contribution in [1.29, 1.82) is 0 Å². The zero-order valence-corrected chi connectivity index (χ0v) is 9.24. The Balaban J connectivity index is 0.00000144. The summed E-state index contributed by atoms with van der Waals surface area (Å²) in [6, 6.07) is 9.99. The fourth-order valence-electron chi connectivity index (χ4n) is 1.70. The van der Waals surface area contributed by atoms with Gasteiger partial charge in [-0.3, -0.25) is 4.55 Å². The summed E-state index contributed by atoms with van der Waals surface area (Å²) in [5, 5.41) is 1.26. The van der Waals surface area contributed by atoms with E-state index in [4.69, 9.17) is 4.55 Å². The third-order valence-electron chi connectivity index (χ3n) is 2.42. The molecular formula is C12H11NaO3S. The van der Waals surface area contributed by atoms with Crippen LogP contribution in [0.25, 0.3) is 16.8 Å². The molecule has 5 heteroatoms. The molecule has 0 aromatic heterocycles. The molecule has 3 nitrogen and oxygen atoms in total. The molecule has 0 fully saturated rings. The van der Waals surface area contributed by atoms with Crippen molar-refractivity contribution in [2.24, 2.45) is 0 Å². The average molecular weight is 258 g/mol. The minimum absolute atomic E-state index is 0. The van der Waals surface area contributed by atoms with Crippen LogP contribution in [0, 0.1) is 0 Å². The third kappa shape index (κ3) is 2.78. The van der Waals surface area contributed by atoms with Crippen molar-refractivity contribution in [2.45, 2.75) is 4.90 Å². The summed E-state index contributed by atoms with van der Waals surface area (Å²) in [7, 11) is -4.19. The van der Waals surface area contributed by atoms with E-state index in [0.29, 0.717) is 5.39 Å². The van der Waals surface area contributed by atoms with Gasteiger partial charge >= 0.3 is 29.6 Å². The first-order chi connectivity index (χ1) is 7.54. The Morgan fingerprint density at radius 1 is 1.06 bits per heavy atom. The molecule has 0 heterocycles. The van der Waals surface area contributed by atoms with E-state index in [-0.39, 0.29) is 34.5 Å². The van der Waals surface area contributed by atoms with Crippen molar-refractivity contribution in [3.05, 3.63) is 48.5 Å². The maximum atomic E-state index is 11.2. The topological polar surface area (TPSA) is 54.4 Å². The molecule has 0 aliphatic rings. The Hall–Kier alpha value is -0.650. The van der Waals surface area contributed by atoms with E-state index in [1.165, 1.54) is 6.07 Å². The molecule has 0 atom stereocenters. The van der Waals surface area contributed by atoms with Crippen LogP contribution in [0.4, 0.5) is 0 Å². The molecule has 0 aliphatic carbocycles. The van der Waals surface area contributed by atoms with Crippen LogP contribution in [0.15, 0.2) is 47.9 Å². The van der Waals surface area contributed by atoms with Crippen LogP contribution < -0.4 is 0 Å². The summed E-state index contributed by atoms with van der Waals surface area (Å²) in [4.78, 5) is -0.0753. The van der Waals surface area contributed by atoms with Gasteiger partial charge in [-0.05, 0) is 17.0 Å². The molecule has 2 rings (SSSR count). The molecule has 84 valence electrons. The van der Waals surface area contributed by atoms with Gasteiger partial charge in [0.05, 0.1) is 0 Å². The van der Waals surface area contributed by atoms with Crippen LogP contribution >= 0.6 is 0 Å². The first-order valence-corrected chi connectivity index (χ1v) is 6.10. The summed E-state index contributed by atoms with van der Waals surface area (Å²) in [5.74, 6) is 0. The van der Waals surface area contributed by atoms with Gasteiger partial charge in [0, 0.05) is 5.39 Å². The summed E-state index contributed by atoms with van der Waals surface area (Å²) in [6.07, 6.45) is 1.65. The molecule has 0 amide bonds. The van der Waals surface area contributed by atoms with Gasteiger partial charge in [-0.1, -0.05) is 43.0 Å². The van der Waals surface area contributed by atoms with Crippen LogP contribution in [-0.4, -0.2) is 42.5 Å². The van der Waals surface area contributed by atoms with Gasteiger partial charge in [0.15, 0.2) is 0 Å². The van der Waals surface area contributed by atoms with Crippen molar-refractivity contribution >= 4 is 56.5 Å². The summed E-state index contributed by atoms with van der Waals surface area (Å²) >= 11 is 0. The molecule has 2 aromatic rings. The van der Waals surface area contributed by atoms with E-state index >= 15 is 0 Å². The molecule has 2 aromatic carbocycles. The Morgan fingerprint density at radius 3 is 2.18 bits per heavy atom.